The Morgan fingerprint density at radius 1 is 1.12 bits per heavy atom. The highest BCUT2D eigenvalue weighted by Crippen LogP contribution is 2.33. The average Bonchev–Trinajstić information content (AvgIpc) is 2.59. The lowest BCUT2D eigenvalue weighted by Gasteiger charge is -2.18. The molecule has 1 unspecified atom stereocenters. The fraction of sp³-hybridized carbons (Fsp3) is 0.316. The Labute approximate surface area is 140 Å². The van der Waals surface area contributed by atoms with Crippen LogP contribution in [0, 0.1) is 5.82 Å². The second-order valence-electron chi connectivity index (χ2n) is 5.48. The zero-order valence-corrected chi connectivity index (χ0v) is 14.0. The molecule has 0 saturated heterocycles. The molecule has 5 heteroatoms. The highest BCUT2D eigenvalue weighted by atomic mass is 19.1. The molecule has 128 valence electrons. The van der Waals surface area contributed by atoms with Crippen LogP contribution in [0.1, 0.15) is 29.5 Å². The molecule has 0 aliphatic carbocycles. The number of carboxylic acid groups (broad SMARTS) is 1. The Balaban J connectivity index is 2.48. The Kier molecular flexibility index (Phi) is 5.79. The zero-order valence-electron chi connectivity index (χ0n) is 14.0. The smallest absolute Gasteiger partial charge is 0.311 e. The lowest BCUT2D eigenvalue weighted by molar-refractivity contribution is -0.138. The summed E-state index contributed by atoms with van der Waals surface area (Å²) in [6.45, 7) is 2.00. The van der Waals surface area contributed by atoms with Crippen molar-refractivity contribution in [3.63, 3.8) is 0 Å². The summed E-state index contributed by atoms with van der Waals surface area (Å²) >= 11 is 0. The molecule has 0 spiro atoms. The normalized spacial score (nSPS) is 11.8. The zero-order chi connectivity index (χ0) is 17.7. The number of aryl methyl sites for hydroxylation is 1. The number of aliphatic carboxylic acids is 1. The molecule has 4 nitrogen and oxygen atoms in total. The number of carboxylic acids is 1. The minimum Gasteiger partial charge on any atom is -0.496 e. The molecule has 0 bridgehead atoms. The van der Waals surface area contributed by atoms with Crippen molar-refractivity contribution in [1.29, 1.82) is 0 Å². The third-order valence-corrected chi connectivity index (χ3v) is 4.04. The van der Waals surface area contributed by atoms with Crippen LogP contribution in [0.15, 0.2) is 36.4 Å². The Bertz CT molecular complexity index is 727. The lowest BCUT2D eigenvalue weighted by Crippen LogP contribution is -2.16. The number of hydrogen-bond donors (Lipinski definition) is 1. The number of rotatable bonds is 7. The number of hydrogen-bond acceptors (Lipinski definition) is 3. The van der Waals surface area contributed by atoms with Crippen LogP contribution in [0.25, 0.3) is 0 Å². The van der Waals surface area contributed by atoms with Gasteiger partial charge in [0.25, 0.3) is 0 Å². The molecule has 0 saturated carbocycles. The van der Waals surface area contributed by atoms with Crippen molar-refractivity contribution in [3.8, 4) is 11.5 Å². The van der Waals surface area contributed by atoms with E-state index in [-0.39, 0.29) is 6.42 Å². The monoisotopic (exact) mass is 332 g/mol. The third kappa shape index (κ3) is 3.85. The van der Waals surface area contributed by atoms with Gasteiger partial charge in [-0.2, -0.15) is 0 Å². The summed E-state index contributed by atoms with van der Waals surface area (Å²) < 4.78 is 24.1. The summed E-state index contributed by atoms with van der Waals surface area (Å²) in [4.78, 5) is 11.9. The van der Waals surface area contributed by atoms with E-state index >= 15 is 0 Å². The molecule has 2 aromatic carbocycles. The predicted molar refractivity (Wildman–Crippen MR) is 89.4 cm³/mol. The molecule has 0 aliphatic heterocycles. The van der Waals surface area contributed by atoms with E-state index < -0.39 is 17.7 Å². The van der Waals surface area contributed by atoms with Gasteiger partial charge in [0.2, 0.25) is 0 Å². The second kappa shape index (κ2) is 7.81. The van der Waals surface area contributed by atoms with E-state index in [2.05, 4.69) is 0 Å². The number of ether oxygens (including phenoxy) is 2. The summed E-state index contributed by atoms with van der Waals surface area (Å²) in [5, 5.41) is 9.71. The van der Waals surface area contributed by atoms with Crippen molar-refractivity contribution in [3.05, 3.63) is 58.9 Å². The van der Waals surface area contributed by atoms with Gasteiger partial charge in [-0.05, 0) is 48.2 Å². The van der Waals surface area contributed by atoms with Crippen molar-refractivity contribution >= 4 is 5.97 Å². The van der Waals surface area contributed by atoms with Gasteiger partial charge in [-0.15, -0.1) is 0 Å². The van der Waals surface area contributed by atoms with Gasteiger partial charge >= 0.3 is 5.97 Å². The lowest BCUT2D eigenvalue weighted by atomic mass is 9.89. The topological polar surface area (TPSA) is 55.8 Å². The molecule has 0 aromatic heterocycles. The van der Waals surface area contributed by atoms with E-state index in [1.165, 1.54) is 32.4 Å². The predicted octanol–water partition coefficient (Wildman–Crippen LogP) is 3.82. The van der Waals surface area contributed by atoms with Gasteiger partial charge in [-0.3, -0.25) is 4.79 Å². The summed E-state index contributed by atoms with van der Waals surface area (Å²) in [5.74, 6) is -1.30. The molecule has 0 amide bonds. The summed E-state index contributed by atoms with van der Waals surface area (Å²) in [6.07, 6.45) is 0.895. The number of halogens is 1. The van der Waals surface area contributed by atoms with Gasteiger partial charge in [-0.25, -0.2) is 4.39 Å². The minimum absolute atomic E-state index is 0.111. The molecule has 1 atom stereocenters. The SMILES string of the molecule is CCc1ccc(OC)c(C(Cc2cc(F)ccc2OC)C(=O)O)c1. The highest BCUT2D eigenvalue weighted by Gasteiger charge is 2.25. The van der Waals surface area contributed by atoms with Gasteiger partial charge in [-0.1, -0.05) is 19.1 Å². The molecular formula is C19H21FO4. The summed E-state index contributed by atoms with van der Waals surface area (Å²) in [6, 6.07) is 9.62. The van der Waals surface area contributed by atoms with E-state index in [4.69, 9.17) is 9.47 Å². The first-order valence-electron chi connectivity index (χ1n) is 7.72. The van der Waals surface area contributed by atoms with E-state index in [0.717, 1.165) is 12.0 Å². The largest absolute Gasteiger partial charge is 0.496 e. The van der Waals surface area contributed by atoms with Gasteiger partial charge in [0.1, 0.15) is 17.3 Å². The van der Waals surface area contributed by atoms with Crippen LogP contribution >= 0.6 is 0 Å². The quantitative estimate of drug-likeness (QED) is 0.837. The van der Waals surface area contributed by atoms with E-state index in [1.54, 1.807) is 6.07 Å². The van der Waals surface area contributed by atoms with Crippen molar-refractivity contribution in [1.82, 2.24) is 0 Å². The molecule has 1 N–H and O–H groups in total. The molecule has 0 heterocycles. The van der Waals surface area contributed by atoms with Crippen molar-refractivity contribution in [2.45, 2.75) is 25.7 Å². The second-order valence-corrected chi connectivity index (χ2v) is 5.48. The van der Waals surface area contributed by atoms with E-state index in [9.17, 15) is 14.3 Å². The van der Waals surface area contributed by atoms with Crippen LogP contribution in [0.4, 0.5) is 4.39 Å². The summed E-state index contributed by atoms with van der Waals surface area (Å²) in [7, 11) is 2.98. The van der Waals surface area contributed by atoms with E-state index in [0.29, 0.717) is 22.6 Å². The number of carbonyl (C=O) groups is 1. The van der Waals surface area contributed by atoms with Crippen LogP contribution in [0.2, 0.25) is 0 Å². The average molecular weight is 332 g/mol. The third-order valence-electron chi connectivity index (χ3n) is 4.04. The maximum absolute atomic E-state index is 13.6. The van der Waals surface area contributed by atoms with Crippen molar-refractivity contribution < 1.29 is 23.8 Å². The fourth-order valence-electron chi connectivity index (χ4n) is 2.73. The number of methoxy groups -OCH3 is 2. The standard InChI is InChI=1S/C19H21FO4/c1-4-12-5-7-18(24-3)15(9-12)16(19(21)22)11-13-10-14(20)6-8-17(13)23-2/h5-10,16H,4,11H2,1-3H3,(H,21,22). The molecule has 2 rings (SSSR count). The van der Waals surface area contributed by atoms with Crippen LogP contribution in [0.3, 0.4) is 0 Å². The van der Waals surface area contributed by atoms with Crippen molar-refractivity contribution in [2.24, 2.45) is 0 Å². The Hall–Kier alpha value is -2.56. The van der Waals surface area contributed by atoms with Gasteiger partial charge in [0, 0.05) is 5.56 Å². The molecule has 24 heavy (non-hydrogen) atoms. The van der Waals surface area contributed by atoms with Crippen molar-refractivity contribution in [2.75, 3.05) is 14.2 Å². The van der Waals surface area contributed by atoms with Gasteiger partial charge < -0.3 is 14.6 Å². The molecule has 0 aliphatic rings. The molecule has 2 aromatic rings. The number of benzene rings is 2. The Morgan fingerprint density at radius 3 is 2.38 bits per heavy atom. The first kappa shape index (κ1) is 17.8. The van der Waals surface area contributed by atoms with Crippen LogP contribution in [0.5, 0.6) is 11.5 Å². The first-order valence-corrected chi connectivity index (χ1v) is 7.72. The first-order chi connectivity index (χ1) is 11.5. The Morgan fingerprint density at radius 2 is 1.79 bits per heavy atom. The van der Waals surface area contributed by atoms with Crippen LogP contribution < -0.4 is 9.47 Å². The van der Waals surface area contributed by atoms with E-state index in [1.807, 2.05) is 19.1 Å². The fourth-order valence-corrected chi connectivity index (χ4v) is 2.73. The van der Waals surface area contributed by atoms with Crippen LogP contribution in [-0.2, 0) is 17.6 Å². The van der Waals surface area contributed by atoms with Gasteiger partial charge in [0.05, 0.1) is 20.1 Å². The van der Waals surface area contributed by atoms with Crippen LogP contribution in [-0.4, -0.2) is 25.3 Å². The summed E-state index contributed by atoms with van der Waals surface area (Å²) in [5.41, 5.74) is 2.10. The maximum atomic E-state index is 13.6. The van der Waals surface area contributed by atoms with Gasteiger partial charge in [0.15, 0.2) is 0 Å². The minimum atomic E-state index is -0.993. The molecular weight excluding hydrogens is 311 g/mol. The highest BCUT2D eigenvalue weighted by molar-refractivity contribution is 5.78. The maximum Gasteiger partial charge on any atom is 0.311 e. The molecule has 0 radical (unpaired) electrons. The molecule has 0 fully saturated rings.